The van der Waals surface area contributed by atoms with Crippen LogP contribution in [0.1, 0.15) is 51.3 Å². The predicted octanol–water partition coefficient (Wildman–Crippen LogP) is 2.51. The van der Waals surface area contributed by atoms with Crippen LogP contribution in [0, 0.1) is 5.92 Å². The summed E-state index contributed by atoms with van der Waals surface area (Å²) in [7, 11) is 3.44. The highest BCUT2D eigenvalue weighted by Gasteiger charge is 2.43. The van der Waals surface area contributed by atoms with Crippen molar-refractivity contribution >= 4 is 0 Å². The summed E-state index contributed by atoms with van der Waals surface area (Å²) in [6.45, 7) is 5.11. The van der Waals surface area contributed by atoms with Gasteiger partial charge in [0.15, 0.2) is 5.75 Å². The quantitative estimate of drug-likeness (QED) is 0.900. The van der Waals surface area contributed by atoms with E-state index in [2.05, 4.69) is 18.9 Å². The predicted molar refractivity (Wildman–Crippen MR) is 78.8 cm³/mol. The van der Waals surface area contributed by atoms with Crippen molar-refractivity contribution in [3.05, 3.63) is 11.9 Å². The highest BCUT2D eigenvalue weighted by molar-refractivity contribution is 5.30. The summed E-state index contributed by atoms with van der Waals surface area (Å²) >= 11 is 0. The maximum absolute atomic E-state index is 6.61. The lowest BCUT2D eigenvalue weighted by Crippen LogP contribution is -2.47. The summed E-state index contributed by atoms with van der Waals surface area (Å²) < 4.78 is 13.3. The van der Waals surface area contributed by atoms with Gasteiger partial charge in [-0.1, -0.05) is 19.8 Å². The molecule has 1 aliphatic carbocycles. The molecule has 0 aliphatic heterocycles. The van der Waals surface area contributed by atoms with Gasteiger partial charge >= 0.3 is 0 Å². The second-order valence-corrected chi connectivity index (χ2v) is 5.86. The monoisotopic (exact) mass is 281 g/mol. The minimum Gasteiger partial charge on any atom is -0.493 e. The third-order valence-electron chi connectivity index (χ3n) is 4.62. The molecule has 0 radical (unpaired) electrons. The Morgan fingerprint density at radius 2 is 2.30 bits per heavy atom. The van der Waals surface area contributed by atoms with Crippen LogP contribution in [0.4, 0.5) is 0 Å². The molecule has 0 spiro atoms. The van der Waals surface area contributed by atoms with Crippen LogP contribution >= 0.6 is 0 Å². The molecule has 1 fully saturated rings. The first-order valence-corrected chi connectivity index (χ1v) is 7.48. The molecule has 5 nitrogen and oxygen atoms in total. The lowest BCUT2D eigenvalue weighted by atomic mass is 9.74. The van der Waals surface area contributed by atoms with Crippen molar-refractivity contribution in [1.82, 2.24) is 9.78 Å². The Kier molecular flexibility index (Phi) is 4.70. The van der Waals surface area contributed by atoms with E-state index in [-0.39, 0.29) is 11.6 Å². The zero-order valence-electron chi connectivity index (χ0n) is 13.1. The third kappa shape index (κ3) is 2.56. The van der Waals surface area contributed by atoms with Gasteiger partial charge in [-0.05, 0) is 25.7 Å². The Bertz CT molecular complexity index is 425. The minimum absolute atomic E-state index is 0.215. The van der Waals surface area contributed by atoms with Gasteiger partial charge in [0.2, 0.25) is 0 Å². The molecule has 3 atom stereocenters. The fraction of sp³-hybridized carbons (Fsp3) is 0.800. The van der Waals surface area contributed by atoms with Gasteiger partial charge in [-0.25, -0.2) is 0 Å². The molecule has 5 heteroatoms. The van der Waals surface area contributed by atoms with Gasteiger partial charge in [-0.15, -0.1) is 0 Å². The molecule has 3 unspecified atom stereocenters. The summed E-state index contributed by atoms with van der Waals surface area (Å²) in [6, 6.07) is -0.215. The topological polar surface area (TPSA) is 62.3 Å². The molecule has 0 bridgehead atoms. The number of hydrogen-bond acceptors (Lipinski definition) is 4. The second kappa shape index (κ2) is 6.14. The molecule has 1 aliphatic rings. The summed E-state index contributed by atoms with van der Waals surface area (Å²) in [5.41, 5.74) is 7.25. The van der Waals surface area contributed by atoms with Crippen LogP contribution in [0.15, 0.2) is 6.20 Å². The van der Waals surface area contributed by atoms with E-state index in [1.807, 2.05) is 4.68 Å². The van der Waals surface area contributed by atoms with Gasteiger partial charge in [0, 0.05) is 13.7 Å². The van der Waals surface area contributed by atoms with Crippen molar-refractivity contribution in [3.8, 4) is 5.75 Å². The Balaban J connectivity index is 2.37. The van der Waals surface area contributed by atoms with Crippen LogP contribution in [0.3, 0.4) is 0 Å². The molecule has 0 aromatic carbocycles. The van der Waals surface area contributed by atoms with Gasteiger partial charge in [0.1, 0.15) is 0 Å². The van der Waals surface area contributed by atoms with E-state index in [4.69, 9.17) is 15.2 Å². The molecule has 114 valence electrons. The number of nitrogens with zero attached hydrogens (tertiary/aromatic N) is 2. The zero-order chi connectivity index (χ0) is 14.8. The molecule has 0 amide bonds. The molecule has 1 aromatic rings. The molecule has 2 N–H and O–H groups in total. The summed E-state index contributed by atoms with van der Waals surface area (Å²) in [4.78, 5) is 0. The number of aryl methyl sites for hydroxylation is 1. The maximum Gasteiger partial charge on any atom is 0.161 e. The number of rotatable bonds is 5. The average molecular weight is 281 g/mol. The Morgan fingerprint density at radius 3 is 2.85 bits per heavy atom. The van der Waals surface area contributed by atoms with Crippen LogP contribution in [0.25, 0.3) is 0 Å². The van der Waals surface area contributed by atoms with Crippen molar-refractivity contribution in [2.24, 2.45) is 11.7 Å². The number of aromatic nitrogens is 2. The summed E-state index contributed by atoms with van der Waals surface area (Å²) in [5, 5.41) is 4.36. The molecule has 1 aromatic heterocycles. The van der Waals surface area contributed by atoms with E-state index >= 15 is 0 Å². The standard InChI is InChI=1S/C15H27N3O2/c1-5-18-13(12(19-3)10-17-18)14(16)15(20-4)8-6-7-11(2)9-15/h10-11,14H,5-9,16H2,1-4H3. The Hall–Kier alpha value is -1.07. The van der Waals surface area contributed by atoms with E-state index in [0.717, 1.165) is 37.3 Å². The smallest absolute Gasteiger partial charge is 0.161 e. The van der Waals surface area contributed by atoms with E-state index in [1.165, 1.54) is 6.42 Å². The molecule has 2 rings (SSSR count). The van der Waals surface area contributed by atoms with E-state index in [0.29, 0.717) is 5.92 Å². The van der Waals surface area contributed by atoms with Crippen LogP contribution in [0.2, 0.25) is 0 Å². The molecule has 1 saturated carbocycles. The third-order valence-corrected chi connectivity index (χ3v) is 4.62. The van der Waals surface area contributed by atoms with Gasteiger partial charge in [0.25, 0.3) is 0 Å². The van der Waals surface area contributed by atoms with Crippen LogP contribution in [-0.2, 0) is 11.3 Å². The van der Waals surface area contributed by atoms with Gasteiger partial charge < -0.3 is 15.2 Å². The van der Waals surface area contributed by atoms with Crippen LogP contribution in [0.5, 0.6) is 5.75 Å². The van der Waals surface area contributed by atoms with Crippen molar-refractivity contribution < 1.29 is 9.47 Å². The number of methoxy groups -OCH3 is 2. The lowest BCUT2D eigenvalue weighted by molar-refractivity contribution is -0.0738. The number of nitrogens with two attached hydrogens (primary N) is 1. The first-order chi connectivity index (χ1) is 9.57. The average Bonchev–Trinajstić information content (AvgIpc) is 2.89. The molecule has 0 saturated heterocycles. The van der Waals surface area contributed by atoms with Gasteiger partial charge in [-0.3, -0.25) is 4.68 Å². The van der Waals surface area contributed by atoms with Gasteiger partial charge in [0.05, 0.1) is 30.6 Å². The van der Waals surface area contributed by atoms with Crippen molar-refractivity contribution in [1.29, 1.82) is 0 Å². The molecular formula is C15H27N3O2. The number of ether oxygens (including phenoxy) is 2. The highest BCUT2D eigenvalue weighted by Crippen LogP contribution is 2.43. The molecule has 1 heterocycles. The van der Waals surface area contributed by atoms with E-state index < -0.39 is 0 Å². The Morgan fingerprint density at radius 1 is 1.55 bits per heavy atom. The second-order valence-electron chi connectivity index (χ2n) is 5.86. The van der Waals surface area contributed by atoms with Crippen LogP contribution in [-0.4, -0.2) is 29.6 Å². The maximum atomic E-state index is 6.61. The fourth-order valence-corrected chi connectivity index (χ4v) is 3.49. The minimum atomic E-state index is -0.308. The molecular weight excluding hydrogens is 254 g/mol. The van der Waals surface area contributed by atoms with Crippen LogP contribution < -0.4 is 10.5 Å². The van der Waals surface area contributed by atoms with E-state index in [9.17, 15) is 0 Å². The van der Waals surface area contributed by atoms with Crippen molar-refractivity contribution in [2.45, 2.75) is 57.7 Å². The normalized spacial score (nSPS) is 28.4. The van der Waals surface area contributed by atoms with E-state index in [1.54, 1.807) is 20.4 Å². The first-order valence-electron chi connectivity index (χ1n) is 7.48. The lowest BCUT2D eigenvalue weighted by Gasteiger charge is -2.43. The molecule has 20 heavy (non-hydrogen) atoms. The summed E-state index contributed by atoms with van der Waals surface area (Å²) in [6.07, 6.45) is 6.14. The van der Waals surface area contributed by atoms with Gasteiger partial charge in [-0.2, -0.15) is 5.10 Å². The fourth-order valence-electron chi connectivity index (χ4n) is 3.49. The number of hydrogen-bond donors (Lipinski definition) is 1. The van der Waals surface area contributed by atoms with Crippen molar-refractivity contribution in [2.75, 3.05) is 14.2 Å². The highest BCUT2D eigenvalue weighted by atomic mass is 16.5. The van der Waals surface area contributed by atoms with Crippen molar-refractivity contribution in [3.63, 3.8) is 0 Å². The largest absolute Gasteiger partial charge is 0.493 e. The SMILES string of the molecule is CCn1ncc(OC)c1C(N)C1(OC)CCCC(C)C1. The summed E-state index contributed by atoms with van der Waals surface area (Å²) in [5.74, 6) is 1.40. The Labute approximate surface area is 121 Å². The first kappa shape index (κ1) is 15.3. The zero-order valence-corrected chi connectivity index (χ0v) is 13.1.